The Hall–Kier alpha value is -3.02. The Bertz CT molecular complexity index is 874. The van der Waals surface area contributed by atoms with Crippen LogP contribution in [0.15, 0.2) is 67.0 Å². The first-order chi connectivity index (χ1) is 12.7. The van der Waals surface area contributed by atoms with Crippen molar-refractivity contribution in [3.05, 3.63) is 83.9 Å². The van der Waals surface area contributed by atoms with Crippen molar-refractivity contribution in [1.29, 1.82) is 0 Å². The monoisotopic (exact) mass is 350 g/mol. The average Bonchev–Trinajstić information content (AvgIpc) is 3.32. The largest absolute Gasteiger partial charge is 0.347 e. The molecule has 0 spiro atoms. The molecule has 1 N–H and O–H groups in total. The van der Waals surface area contributed by atoms with Crippen LogP contribution in [0.2, 0.25) is 0 Å². The molecule has 1 heterocycles. The first-order valence-corrected chi connectivity index (χ1v) is 8.63. The molecule has 6 heteroatoms. The van der Waals surface area contributed by atoms with Gasteiger partial charge in [-0.3, -0.25) is 4.79 Å². The van der Waals surface area contributed by atoms with Crippen molar-refractivity contribution in [3.63, 3.8) is 0 Å². The maximum absolute atomic E-state index is 13.2. The van der Waals surface area contributed by atoms with E-state index < -0.39 is 5.41 Å². The summed E-state index contributed by atoms with van der Waals surface area (Å²) >= 11 is 0. The van der Waals surface area contributed by atoms with E-state index in [0.29, 0.717) is 6.54 Å². The highest BCUT2D eigenvalue weighted by Crippen LogP contribution is 2.48. The SMILES string of the molecule is O=C(NC(Cn1nccn1)c1ccccc1)C1(c2ccc(F)cc2)CC1. The second-order valence-corrected chi connectivity index (χ2v) is 6.61. The van der Waals surface area contributed by atoms with Crippen LogP contribution < -0.4 is 5.32 Å². The summed E-state index contributed by atoms with van der Waals surface area (Å²) in [7, 11) is 0. The number of hydrogen-bond donors (Lipinski definition) is 1. The zero-order valence-corrected chi connectivity index (χ0v) is 14.2. The highest BCUT2D eigenvalue weighted by atomic mass is 19.1. The molecule has 0 aliphatic heterocycles. The lowest BCUT2D eigenvalue weighted by atomic mass is 9.94. The van der Waals surface area contributed by atoms with Gasteiger partial charge in [0.1, 0.15) is 5.82 Å². The summed E-state index contributed by atoms with van der Waals surface area (Å²) < 4.78 is 13.2. The van der Waals surface area contributed by atoms with Gasteiger partial charge < -0.3 is 5.32 Å². The molecule has 1 saturated carbocycles. The molecule has 1 unspecified atom stereocenters. The van der Waals surface area contributed by atoms with E-state index in [1.165, 1.54) is 12.1 Å². The second-order valence-electron chi connectivity index (χ2n) is 6.61. The molecule has 4 rings (SSSR count). The van der Waals surface area contributed by atoms with E-state index in [0.717, 1.165) is 24.0 Å². The van der Waals surface area contributed by atoms with E-state index >= 15 is 0 Å². The summed E-state index contributed by atoms with van der Waals surface area (Å²) in [5.74, 6) is -0.331. The van der Waals surface area contributed by atoms with Crippen molar-refractivity contribution < 1.29 is 9.18 Å². The number of nitrogens with one attached hydrogen (secondary N) is 1. The molecule has 5 nitrogen and oxygen atoms in total. The third-order valence-corrected chi connectivity index (χ3v) is 4.90. The Morgan fingerprint density at radius 1 is 1.08 bits per heavy atom. The molecule has 2 aromatic carbocycles. The number of nitrogens with zero attached hydrogens (tertiary/aromatic N) is 3. The van der Waals surface area contributed by atoms with Crippen molar-refractivity contribution in [2.75, 3.05) is 0 Å². The van der Waals surface area contributed by atoms with Crippen molar-refractivity contribution >= 4 is 5.91 Å². The lowest BCUT2D eigenvalue weighted by Gasteiger charge is -2.23. The normalized spacial score (nSPS) is 16.0. The molecular weight excluding hydrogens is 331 g/mol. The fourth-order valence-corrected chi connectivity index (χ4v) is 3.26. The Balaban J connectivity index is 1.57. The smallest absolute Gasteiger partial charge is 0.231 e. The van der Waals surface area contributed by atoms with Gasteiger partial charge in [0.25, 0.3) is 0 Å². The van der Waals surface area contributed by atoms with Crippen LogP contribution in [0.4, 0.5) is 4.39 Å². The van der Waals surface area contributed by atoms with Crippen LogP contribution >= 0.6 is 0 Å². The van der Waals surface area contributed by atoms with Crippen molar-refractivity contribution in [2.24, 2.45) is 0 Å². The van der Waals surface area contributed by atoms with E-state index in [9.17, 15) is 9.18 Å². The summed E-state index contributed by atoms with van der Waals surface area (Å²) in [6.07, 6.45) is 4.77. The summed E-state index contributed by atoms with van der Waals surface area (Å²) in [5.41, 5.74) is 1.30. The van der Waals surface area contributed by atoms with Crippen LogP contribution in [0.25, 0.3) is 0 Å². The average molecular weight is 350 g/mol. The predicted octanol–water partition coefficient (Wildman–Crippen LogP) is 3.01. The number of rotatable bonds is 6. The summed E-state index contributed by atoms with van der Waals surface area (Å²) in [4.78, 5) is 14.6. The maximum Gasteiger partial charge on any atom is 0.231 e. The number of benzene rings is 2. The summed E-state index contributed by atoms with van der Waals surface area (Å²) in [6.45, 7) is 0.447. The fourth-order valence-electron chi connectivity index (χ4n) is 3.26. The number of amides is 1. The van der Waals surface area contributed by atoms with Crippen LogP contribution in [-0.2, 0) is 16.8 Å². The molecule has 1 atom stereocenters. The zero-order valence-electron chi connectivity index (χ0n) is 14.2. The number of hydrogen-bond acceptors (Lipinski definition) is 3. The van der Waals surface area contributed by atoms with Crippen LogP contribution in [0.5, 0.6) is 0 Å². The van der Waals surface area contributed by atoms with Gasteiger partial charge in [0.15, 0.2) is 0 Å². The zero-order chi connectivity index (χ0) is 18.0. The topological polar surface area (TPSA) is 59.8 Å². The van der Waals surface area contributed by atoms with Crippen LogP contribution in [0, 0.1) is 5.82 Å². The molecule has 1 aliphatic rings. The lowest BCUT2D eigenvalue weighted by Crippen LogP contribution is -2.39. The standard InChI is InChI=1S/C20H19FN4O/c21-17-8-6-16(7-9-17)20(10-11-20)19(26)24-18(14-25-22-12-13-23-25)15-4-2-1-3-5-15/h1-9,12-13,18H,10-11,14H2,(H,24,26). The summed E-state index contributed by atoms with van der Waals surface area (Å²) in [5, 5.41) is 11.4. The molecule has 0 radical (unpaired) electrons. The minimum absolute atomic E-state index is 0.0369. The maximum atomic E-state index is 13.2. The van der Waals surface area contributed by atoms with Gasteiger partial charge in [-0.15, -0.1) is 0 Å². The molecule has 1 fully saturated rings. The molecule has 0 bridgehead atoms. The number of halogens is 1. The van der Waals surface area contributed by atoms with Crippen molar-refractivity contribution in [1.82, 2.24) is 20.3 Å². The highest BCUT2D eigenvalue weighted by molar-refractivity contribution is 5.91. The minimum Gasteiger partial charge on any atom is -0.347 e. The molecule has 1 amide bonds. The Morgan fingerprint density at radius 3 is 2.35 bits per heavy atom. The van der Waals surface area contributed by atoms with Gasteiger partial charge in [-0.05, 0) is 36.1 Å². The molecule has 0 saturated heterocycles. The van der Waals surface area contributed by atoms with Gasteiger partial charge in [-0.1, -0.05) is 42.5 Å². The van der Waals surface area contributed by atoms with Gasteiger partial charge in [0, 0.05) is 0 Å². The lowest BCUT2D eigenvalue weighted by molar-refractivity contribution is -0.124. The predicted molar refractivity (Wildman–Crippen MR) is 94.7 cm³/mol. The van der Waals surface area contributed by atoms with E-state index in [-0.39, 0.29) is 17.8 Å². The third kappa shape index (κ3) is 3.22. The minimum atomic E-state index is -0.557. The first-order valence-electron chi connectivity index (χ1n) is 8.63. The fraction of sp³-hybridized carbons (Fsp3) is 0.250. The van der Waals surface area contributed by atoms with Gasteiger partial charge in [0.2, 0.25) is 5.91 Å². The second kappa shape index (κ2) is 6.71. The van der Waals surface area contributed by atoms with Crippen LogP contribution in [-0.4, -0.2) is 20.9 Å². The van der Waals surface area contributed by atoms with E-state index in [1.54, 1.807) is 29.3 Å². The number of aromatic nitrogens is 3. The van der Waals surface area contributed by atoms with E-state index in [1.807, 2.05) is 30.3 Å². The summed E-state index contributed by atoms with van der Waals surface area (Å²) in [6, 6.07) is 15.8. The first kappa shape index (κ1) is 16.4. The Labute approximate surface area is 150 Å². The number of carbonyl (C=O) groups is 1. The molecule has 3 aromatic rings. The quantitative estimate of drug-likeness (QED) is 0.743. The van der Waals surface area contributed by atoms with Crippen molar-refractivity contribution in [2.45, 2.75) is 30.8 Å². The van der Waals surface area contributed by atoms with Gasteiger partial charge in [-0.2, -0.15) is 15.0 Å². The third-order valence-electron chi connectivity index (χ3n) is 4.90. The van der Waals surface area contributed by atoms with Gasteiger partial charge >= 0.3 is 0 Å². The highest BCUT2D eigenvalue weighted by Gasteiger charge is 2.51. The molecular formula is C20H19FN4O. The van der Waals surface area contributed by atoms with Crippen LogP contribution in [0.3, 0.4) is 0 Å². The molecule has 26 heavy (non-hydrogen) atoms. The Morgan fingerprint density at radius 2 is 1.73 bits per heavy atom. The van der Waals surface area contributed by atoms with E-state index in [4.69, 9.17) is 0 Å². The van der Waals surface area contributed by atoms with Gasteiger partial charge in [-0.25, -0.2) is 4.39 Å². The number of carbonyl (C=O) groups excluding carboxylic acids is 1. The Kier molecular flexibility index (Phi) is 4.24. The molecule has 1 aliphatic carbocycles. The van der Waals surface area contributed by atoms with Crippen molar-refractivity contribution in [3.8, 4) is 0 Å². The molecule has 1 aromatic heterocycles. The van der Waals surface area contributed by atoms with E-state index in [2.05, 4.69) is 15.5 Å². The van der Waals surface area contributed by atoms with Crippen LogP contribution in [0.1, 0.15) is 30.0 Å². The van der Waals surface area contributed by atoms with Gasteiger partial charge in [0.05, 0.1) is 30.4 Å². The molecule has 132 valence electrons.